The summed E-state index contributed by atoms with van der Waals surface area (Å²) >= 11 is 0. The molecule has 8 heteroatoms. The van der Waals surface area contributed by atoms with E-state index < -0.39 is 23.8 Å². The molecular weight excluding hydrogens is 396 g/mol. The average Bonchev–Trinajstić information content (AvgIpc) is 3.38. The normalized spacial score (nSPS) is 11.8. The maximum Gasteiger partial charge on any atom is 0.287 e. The number of nitrogens with one attached hydrogen (secondary N) is 3. The predicted molar refractivity (Wildman–Crippen MR) is 116 cm³/mol. The first-order valence-corrected chi connectivity index (χ1v) is 9.98. The van der Waals surface area contributed by atoms with Crippen LogP contribution in [-0.2, 0) is 4.79 Å². The maximum absolute atomic E-state index is 12.7. The summed E-state index contributed by atoms with van der Waals surface area (Å²) < 4.78 is 7.03. The van der Waals surface area contributed by atoms with Crippen molar-refractivity contribution in [1.29, 1.82) is 0 Å². The van der Waals surface area contributed by atoms with Crippen molar-refractivity contribution in [2.75, 3.05) is 0 Å². The Morgan fingerprint density at radius 1 is 0.935 bits per heavy atom. The lowest BCUT2D eigenvalue weighted by molar-refractivity contribution is -0.124. The number of aromatic nitrogens is 1. The number of benzene rings is 1. The van der Waals surface area contributed by atoms with Crippen molar-refractivity contribution in [3.63, 3.8) is 0 Å². The van der Waals surface area contributed by atoms with Gasteiger partial charge in [0.2, 0.25) is 0 Å². The van der Waals surface area contributed by atoms with E-state index in [9.17, 15) is 14.4 Å². The van der Waals surface area contributed by atoms with Gasteiger partial charge < -0.3 is 14.3 Å². The van der Waals surface area contributed by atoms with E-state index in [1.165, 1.54) is 12.3 Å². The molecule has 3 aromatic rings. The van der Waals surface area contributed by atoms with Crippen LogP contribution in [0.2, 0.25) is 0 Å². The lowest BCUT2D eigenvalue weighted by atomic mass is 10.0. The minimum absolute atomic E-state index is 0.107. The number of hydrogen-bond donors (Lipinski definition) is 3. The second-order valence-corrected chi connectivity index (χ2v) is 7.57. The molecule has 0 radical (unpaired) electrons. The minimum Gasteiger partial charge on any atom is -0.459 e. The van der Waals surface area contributed by atoms with Crippen molar-refractivity contribution in [1.82, 2.24) is 20.7 Å². The zero-order valence-electron chi connectivity index (χ0n) is 17.9. The van der Waals surface area contributed by atoms with Crippen LogP contribution in [0.5, 0.6) is 0 Å². The van der Waals surface area contributed by atoms with Gasteiger partial charge in [-0.3, -0.25) is 25.2 Å². The van der Waals surface area contributed by atoms with Crippen molar-refractivity contribution in [3.8, 4) is 5.69 Å². The fourth-order valence-corrected chi connectivity index (χ4v) is 3.39. The Labute approximate surface area is 180 Å². The summed E-state index contributed by atoms with van der Waals surface area (Å²) in [6, 6.07) is 13.7. The zero-order chi connectivity index (χ0) is 22.5. The first-order valence-electron chi connectivity index (χ1n) is 9.98. The van der Waals surface area contributed by atoms with Crippen LogP contribution in [0.1, 0.15) is 46.1 Å². The van der Waals surface area contributed by atoms with Crippen LogP contribution in [0.25, 0.3) is 5.69 Å². The van der Waals surface area contributed by atoms with E-state index in [2.05, 4.69) is 16.2 Å². The highest BCUT2D eigenvalue weighted by Gasteiger charge is 2.26. The van der Waals surface area contributed by atoms with E-state index in [4.69, 9.17) is 4.42 Å². The number of aryl methyl sites for hydroxylation is 1. The van der Waals surface area contributed by atoms with E-state index in [-0.39, 0.29) is 11.7 Å². The van der Waals surface area contributed by atoms with Gasteiger partial charge in [-0.15, -0.1) is 0 Å². The standard InChI is InChI=1S/C23H26N4O4/c1-14(2)20(24-22(29)19-11-8-12-31-19)23(30)26-25-21(28)18-13-15(3)27(16(18)4)17-9-6-5-7-10-17/h5-14,20H,1-4H3,(H,24,29)(H,25,28)(H,26,30). The number of rotatable bonds is 6. The van der Waals surface area contributed by atoms with Gasteiger partial charge in [0.1, 0.15) is 6.04 Å². The van der Waals surface area contributed by atoms with Gasteiger partial charge in [-0.05, 0) is 50.1 Å². The number of nitrogens with zero attached hydrogens (tertiary/aromatic N) is 1. The largest absolute Gasteiger partial charge is 0.459 e. The number of carbonyl (C=O) groups excluding carboxylic acids is 3. The van der Waals surface area contributed by atoms with Crippen LogP contribution in [-0.4, -0.2) is 28.3 Å². The van der Waals surface area contributed by atoms with Gasteiger partial charge in [-0.2, -0.15) is 0 Å². The fraction of sp³-hybridized carbons (Fsp3) is 0.261. The van der Waals surface area contributed by atoms with E-state index in [1.807, 2.05) is 48.7 Å². The maximum atomic E-state index is 12.7. The van der Waals surface area contributed by atoms with Crippen LogP contribution in [0.4, 0.5) is 0 Å². The van der Waals surface area contributed by atoms with Gasteiger partial charge in [0.15, 0.2) is 5.76 Å². The van der Waals surface area contributed by atoms with E-state index in [0.717, 1.165) is 17.1 Å². The highest BCUT2D eigenvalue weighted by Crippen LogP contribution is 2.20. The number of amides is 3. The molecule has 0 saturated carbocycles. The first-order chi connectivity index (χ1) is 14.8. The molecule has 0 saturated heterocycles. The highest BCUT2D eigenvalue weighted by atomic mass is 16.3. The summed E-state index contributed by atoms with van der Waals surface area (Å²) in [5.74, 6) is -1.57. The van der Waals surface area contributed by atoms with Crippen molar-refractivity contribution in [3.05, 3.63) is 77.5 Å². The zero-order valence-corrected chi connectivity index (χ0v) is 17.9. The quantitative estimate of drug-likeness (QED) is 0.531. The topological polar surface area (TPSA) is 105 Å². The Bertz CT molecular complexity index is 1070. The van der Waals surface area contributed by atoms with Crippen molar-refractivity contribution < 1.29 is 18.8 Å². The predicted octanol–water partition coefficient (Wildman–Crippen LogP) is 2.90. The van der Waals surface area contributed by atoms with E-state index in [1.54, 1.807) is 26.0 Å². The fourth-order valence-electron chi connectivity index (χ4n) is 3.39. The molecule has 0 aliphatic carbocycles. The van der Waals surface area contributed by atoms with Crippen LogP contribution in [0.15, 0.2) is 59.2 Å². The molecule has 8 nitrogen and oxygen atoms in total. The second-order valence-electron chi connectivity index (χ2n) is 7.57. The molecule has 2 heterocycles. The summed E-state index contributed by atoms with van der Waals surface area (Å²) in [6.45, 7) is 7.34. The van der Waals surface area contributed by atoms with Crippen molar-refractivity contribution in [2.45, 2.75) is 33.7 Å². The number of para-hydroxylation sites is 1. The highest BCUT2D eigenvalue weighted by molar-refractivity contribution is 5.99. The average molecular weight is 422 g/mol. The third-order valence-electron chi connectivity index (χ3n) is 4.97. The molecule has 162 valence electrons. The minimum atomic E-state index is -0.852. The number of furan rings is 1. The number of hydrogen-bond acceptors (Lipinski definition) is 4. The lowest BCUT2D eigenvalue weighted by Crippen LogP contribution is -2.54. The summed E-state index contributed by atoms with van der Waals surface area (Å²) in [5.41, 5.74) is 7.90. The molecule has 0 spiro atoms. The second kappa shape index (κ2) is 9.34. The molecule has 0 bridgehead atoms. The number of hydrazine groups is 1. The third kappa shape index (κ3) is 4.85. The molecule has 3 rings (SSSR count). The lowest BCUT2D eigenvalue weighted by Gasteiger charge is -2.21. The molecule has 0 aliphatic heterocycles. The van der Waals surface area contributed by atoms with Crippen LogP contribution < -0.4 is 16.2 Å². The number of carbonyl (C=O) groups is 3. The Balaban J connectivity index is 1.68. The van der Waals surface area contributed by atoms with Gasteiger partial charge in [0.25, 0.3) is 17.7 Å². The summed E-state index contributed by atoms with van der Waals surface area (Å²) in [7, 11) is 0. The molecule has 0 fully saturated rings. The molecule has 3 amide bonds. The van der Waals surface area contributed by atoms with Crippen molar-refractivity contribution in [2.24, 2.45) is 5.92 Å². The Morgan fingerprint density at radius 2 is 1.65 bits per heavy atom. The van der Waals surface area contributed by atoms with Crippen molar-refractivity contribution >= 4 is 17.7 Å². The van der Waals surface area contributed by atoms with Gasteiger partial charge in [-0.1, -0.05) is 32.0 Å². The molecule has 1 aromatic carbocycles. The molecule has 1 unspecified atom stereocenters. The van der Waals surface area contributed by atoms with Gasteiger partial charge >= 0.3 is 0 Å². The van der Waals surface area contributed by atoms with E-state index >= 15 is 0 Å². The van der Waals surface area contributed by atoms with Gasteiger partial charge in [-0.25, -0.2) is 0 Å². The molecule has 0 aliphatic rings. The summed E-state index contributed by atoms with van der Waals surface area (Å²) in [4.78, 5) is 37.6. The first kappa shape index (κ1) is 21.9. The summed E-state index contributed by atoms with van der Waals surface area (Å²) in [5, 5.41) is 2.63. The molecule has 2 aromatic heterocycles. The molecule has 31 heavy (non-hydrogen) atoms. The molecule has 3 N–H and O–H groups in total. The monoisotopic (exact) mass is 422 g/mol. The smallest absolute Gasteiger partial charge is 0.287 e. The SMILES string of the molecule is Cc1cc(C(=O)NNC(=O)C(NC(=O)c2ccco2)C(C)C)c(C)n1-c1ccccc1. The van der Waals surface area contributed by atoms with Crippen LogP contribution >= 0.6 is 0 Å². The van der Waals surface area contributed by atoms with Gasteiger partial charge in [0, 0.05) is 17.1 Å². The Hall–Kier alpha value is -3.81. The van der Waals surface area contributed by atoms with Crippen LogP contribution in [0.3, 0.4) is 0 Å². The summed E-state index contributed by atoms with van der Waals surface area (Å²) in [6.07, 6.45) is 1.38. The Kier molecular flexibility index (Phi) is 6.59. The van der Waals surface area contributed by atoms with E-state index in [0.29, 0.717) is 5.56 Å². The molecular formula is C23H26N4O4. The van der Waals surface area contributed by atoms with Crippen LogP contribution in [0, 0.1) is 19.8 Å². The Morgan fingerprint density at radius 3 is 2.26 bits per heavy atom. The third-order valence-corrected chi connectivity index (χ3v) is 4.97. The molecule has 1 atom stereocenters. The van der Waals surface area contributed by atoms with Gasteiger partial charge in [0.05, 0.1) is 11.8 Å².